The monoisotopic (exact) mass is 332 g/mol. The number of hydrogen-bond acceptors (Lipinski definition) is 5. The quantitative estimate of drug-likeness (QED) is 0.695. The molecular formula is C11H13BrN2O5. The van der Waals surface area contributed by atoms with Gasteiger partial charge < -0.3 is 14.9 Å². The van der Waals surface area contributed by atoms with Crippen molar-refractivity contribution in [2.24, 2.45) is 0 Å². The van der Waals surface area contributed by atoms with Crippen molar-refractivity contribution in [3.05, 3.63) is 37.6 Å². The Balaban J connectivity index is 2.38. The summed E-state index contributed by atoms with van der Waals surface area (Å²) in [6.07, 6.45) is 0.746. The van der Waals surface area contributed by atoms with E-state index < -0.39 is 29.7 Å². The zero-order valence-corrected chi connectivity index (χ0v) is 11.4. The number of aromatic nitrogens is 2. The number of H-pyrrole nitrogens is 1. The van der Waals surface area contributed by atoms with Gasteiger partial charge in [0.25, 0.3) is 5.56 Å². The van der Waals surface area contributed by atoms with Gasteiger partial charge in [-0.1, -0.05) is 15.9 Å². The van der Waals surface area contributed by atoms with Crippen LogP contribution in [0.1, 0.15) is 18.2 Å². The number of nitrogens with one attached hydrogen (secondary N) is 1. The number of nitrogens with zero attached hydrogens (tertiary/aromatic N) is 1. The molecule has 3 atom stereocenters. The van der Waals surface area contributed by atoms with Crippen LogP contribution in [0.5, 0.6) is 0 Å². The fourth-order valence-corrected chi connectivity index (χ4v) is 2.24. The molecule has 1 fully saturated rings. The van der Waals surface area contributed by atoms with Gasteiger partial charge in [0.2, 0.25) is 0 Å². The highest BCUT2D eigenvalue weighted by Gasteiger charge is 2.35. The molecule has 0 radical (unpaired) electrons. The molecule has 3 N–H and O–H groups in total. The fourth-order valence-electron chi connectivity index (χ4n) is 1.95. The Morgan fingerprint density at radius 3 is 2.89 bits per heavy atom. The van der Waals surface area contributed by atoms with Crippen molar-refractivity contribution in [2.45, 2.75) is 24.9 Å². The van der Waals surface area contributed by atoms with Crippen LogP contribution in [0.15, 0.2) is 20.8 Å². The minimum atomic E-state index is -0.844. The Morgan fingerprint density at radius 2 is 2.32 bits per heavy atom. The largest absolute Gasteiger partial charge is 0.394 e. The molecule has 0 amide bonds. The summed E-state index contributed by atoms with van der Waals surface area (Å²) in [6, 6.07) is 0. The molecule has 0 bridgehead atoms. The average molecular weight is 333 g/mol. The van der Waals surface area contributed by atoms with Crippen LogP contribution < -0.4 is 11.2 Å². The SMILES string of the molecule is O=c1[nH]c(=O)n([C@H]2CC(O)[C@@H](CO)O2)cc1C=CBr. The van der Waals surface area contributed by atoms with Gasteiger partial charge in [-0.2, -0.15) is 0 Å². The molecule has 1 aromatic rings. The topological polar surface area (TPSA) is 105 Å². The van der Waals surface area contributed by atoms with Gasteiger partial charge in [-0.25, -0.2) is 4.79 Å². The molecule has 2 heterocycles. The van der Waals surface area contributed by atoms with Crippen LogP contribution >= 0.6 is 15.9 Å². The molecule has 1 saturated heterocycles. The Morgan fingerprint density at radius 1 is 1.58 bits per heavy atom. The summed E-state index contributed by atoms with van der Waals surface area (Å²) in [7, 11) is 0. The van der Waals surface area contributed by atoms with Gasteiger partial charge in [0, 0.05) is 12.6 Å². The van der Waals surface area contributed by atoms with Crippen LogP contribution in [0.25, 0.3) is 6.08 Å². The summed E-state index contributed by atoms with van der Waals surface area (Å²) in [5.41, 5.74) is -0.844. The summed E-state index contributed by atoms with van der Waals surface area (Å²) < 4.78 is 6.56. The predicted molar refractivity (Wildman–Crippen MR) is 70.9 cm³/mol. The maximum Gasteiger partial charge on any atom is 0.330 e. The highest BCUT2D eigenvalue weighted by atomic mass is 79.9. The van der Waals surface area contributed by atoms with E-state index in [0.717, 1.165) is 0 Å². The molecule has 0 aliphatic carbocycles. The van der Waals surface area contributed by atoms with E-state index >= 15 is 0 Å². The fraction of sp³-hybridized carbons (Fsp3) is 0.455. The number of hydrogen-bond donors (Lipinski definition) is 3. The third-order valence-electron chi connectivity index (χ3n) is 2.93. The van der Waals surface area contributed by atoms with Crippen molar-refractivity contribution in [3.63, 3.8) is 0 Å². The lowest BCUT2D eigenvalue weighted by Gasteiger charge is -2.14. The van der Waals surface area contributed by atoms with E-state index in [9.17, 15) is 14.7 Å². The maximum atomic E-state index is 11.7. The molecule has 0 saturated carbocycles. The van der Waals surface area contributed by atoms with Gasteiger partial charge in [-0.15, -0.1) is 0 Å². The smallest absolute Gasteiger partial charge is 0.330 e. The van der Waals surface area contributed by atoms with Gasteiger partial charge in [0.05, 0.1) is 18.3 Å². The normalized spacial score (nSPS) is 27.2. The molecule has 0 aromatic carbocycles. The molecule has 19 heavy (non-hydrogen) atoms. The van der Waals surface area contributed by atoms with E-state index in [1.807, 2.05) is 0 Å². The molecule has 7 nitrogen and oxygen atoms in total. The van der Waals surface area contributed by atoms with Crippen LogP contribution in [-0.2, 0) is 4.74 Å². The van der Waals surface area contributed by atoms with Gasteiger partial charge in [0.1, 0.15) is 12.3 Å². The molecule has 0 spiro atoms. The highest BCUT2D eigenvalue weighted by molar-refractivity contribution is 9.11. The first kappa shape index (κ1) is 14.2. The summed E-state index contributed by atoms with van der Waals surface area (Å²) >= 11 is 3.05. The summed E-state index contributed by atoms with van der Waals surface area (Å²) in [4.78, 5) is 26.9. The number of aliphatic hydroxyl groups excluding tert-OH is 2. The zero-order chi connectivity index (χ0) is 14.0. The molecule has 2 rings (SSSR count). The second-order valence-corrected chi connectivity index (χ2v) is 4.69. The first-order chi connectivity index (χ1) is 9.06. The van der Waals surface area contributed by atoms with E-state index in [1.165, 1.54) is 21.8 Å². The maximum absolute atomic E-state index is 11.7. The van der Waals surface area contributed by atoms with Gasteiger partial charge in [0.15, 0.2) is 0 Å². The first-order valence-corrected chi connectivity index (χ1v) is 6.55. The van der Waals surface area contributed by atoms with E-state index in [4.69, 9.17) is 9.84 Å². The summed E-state index contributed by atoms with van der Waals surface area (Å²) in [5.74, 6) is 0. The van der Waals surface area contributed by atoms with Crippen LogP contribution in [-0.4, -0.2) is 38.6 Å². The molecule has 1 aromatic heterocycles. The number of aromatic amines is 1. The molecular weight excluding hydrogens is 320 g/mol. The molecule has 8 heteroatoms. The first-order valence-electron chi connectivity index (χ1n) is 5.63. The standard InChI is InChI=1S/C11H13BrN2O5/c12-2-1-6-4-14(11(18)13-10(6)17)9-3-7(16)8(5-15)19-9/h1-2,4,7-9,15-16H,3,5H2,(H,13,17,18)/t7?,8-,9-/m1/s1. The second kappa shape index (κ2) is 5.83. The lowest BCUT2D eigenvalue weighted by Crippen LogP contribution is -2.33. The summed E-state index contributed by atoms with van der Waals surface area (Å²) in [5, 5.41) is 18.7. The molecule has 1 unspecified atom stereocenters. The Bertz CT molecular complexity index is 593. The molecule has 104 valence electrons. The summed E-state index contributed by atoms with van der Waals surface area (Å²) in [6.45, 7) is -0.329. The predicted octanol–water partition coefficient (Wildman–Crippen LogP) is -0.457. The van der Waals surface area contributed by atoms with Crippen LogP contribution in [0, 0.1) is 0 Å². The minimum Gasteiger partial charge on any atom is -0.394 e. The Labute approximate surface area is 116 Å². The van der Waals surface area contributed by atoms with Crippen LogP contribution in [0.3, 0.4) is 0 Å². The van der Waals surface area contributed by atoms with Crippen molar-refractivity contribution in [3.8, 4) is 0 Å². The van der Waals surface area contributed by atoms with Crippen molar-refractivity contribution < 1.29 is 14.9 Å². The van der Waals surface area contributed by atoms with Crippen LogP contribution in [0.2, 0.25) is 0 Å². The van der Waals surface area contributed by atoms with E-state index in [2.05, 4.69) is 20.9 Å². The lowest BCUT2D eigenvalue weighted by atomic mass is 10.2. The number of rotatable bonds is 3. The van der Waals surface area contributed by atoms with Gasteiger partial charge in [-0.3, -0.25) is 14.3 Å². The van der Waals surface area contributed by atoms with E-state index in [-0.39, 0.29) is 18.6 Å². The van der Waals surface area contributed by atoms with Crippen molar-refractivity contribution in [1.29, 1.82) is 0 Å². The molecule has 1 aliphatic rings. The Hall–Kier alpha value is -1.22. The van der Waals surface area contributed by atoms with E-state index in [0.29, 0.717) is 0 Å². The second-order valence-electron chi connectivity index (χ2n) is 4.16. The van der Waals surface area contributed by atoms with Gasteiger partial charge >= 0.3 is 5.69 Å². The van der Waals surface area contributed by atoms with Crippen molar-refractivity contribution >= 4 is 22.0 Å². The number of aliphatic hydroxyl groups is 2. The third-order valence-corrected chi connectivity index (χ3v) is 3.20. The van der Waals surface area contributed by atoms with Gasteiger partial charge in [-0.05, 0) is 11.1 Å². The lowest BCUT2D eigenvalue weighted by molar-refractivity contribution is -0.0459. The van der Waals surface area contributed by atoms with Crippen molar-refractivity contribution in [1.82, 2.24) is 9.55 Å². The Kier molecular flexibility index (Phi) is 4.35. The zero-order valence-electron chi connectivity index (χ0n) is 9.82. The minimum absolute atomic E-state index is 0.175. The number of halogens is 1. The van der Waals surface area contributed by atoms with E-state index in [1.54, 1.807) is 0 Å². The highest BCUT2D eigenvalue weighted by Crippen LogP contribution is 2.27. The molecule has 1 aliphatic heterocycles. The number of ether oxygens (including phenoxy) is 1. The average Bonchev–Trinajstić information content (AvgIpc) is 2.74. The van der Waals surface area contributed by atoms with Crippen molar-refractivity contribution in [2.75, 3.05) is 6.61 Å². The third kappa shape index (κ3) is 2.86. The van der Waals surface area contributed by atoms with Crippen LogP contribution in [0.4, 0.5) is 0 Å².